The van der Waals surface area contributed by atoms with Crippen LogP contribution in [0.15, 0.2) is 54.6 Å². The van der Waals surface area contributed by atoms with E-state index in [1.54, 1.807) is 17.0 Å². The molecule has 2 atom stereocenters. The fraction of sp³-hybridized carbons (Fsp3) is 0.350. The van der Waals surface area contributed by atoms with Gasteiger partial charge >= 0.3 is 0 Å². The first-order chi connectivity index (χ1) is 11.6. The zero-order valence-electron chi connectivity index (χ0n) is 13.9. The fourth-order valence-electron chi connectivity index (χ4n) is 2.85. The van der Waals surface area contributed by atoms with Gasteiger partial charge in [-0.25, -0.2) is 0 Å². The number of benzene rings is 2. The third-order valence-electron chi connectivity index (χ3n) is 4.56. The Bertz CT molecular complexity index is 669. The van der Waals surface area contributed by atoms with Crippen LogP contribution in [-0.2, 0) is 6.61 Å². The Labute approximate surface area is 142 Å². The van der Waals surface area contributed by atoms with Gasteiger partial charge in [0.2, 0.25) is 0 Å². The zero-order chi connectivity index (χ0) is 16.9. The molecule has 2 unspecified atom stereocenters. The van der Waals surface area contributed by atoms with Crippen molar-refractivity contribution in [1.82, 2.24) is 4.90 Å². The number of hydrogen-bond acceptors (Lipinski definition) is 3. The summed E-state index contributed by atoms with van der Waals surface area (Å²) in [6, 6.07) is 17.2. The third-order valence-corrected chi connectivity index (χ3v) is 4.56. The van der Waals surface area contributed by atoms with Gasteiger partial charge in [0, 0.05) is 18.7 Å². The molecule has 4 heteroatoms. The summed E-state index contributed by atoms with van der Waals surface area (Å²) in [7, 11) is 0. The number of β-amino-alcohol motifs (C(OH)–C–C–N with tert-alkyl or cyclic N) is 1. The van der Waals surface area contributed by atoms with Crippen molar-refractivity contribution in [3.05, 3.63) is 65.7 Å². The van der Waals surface area contributed by atoms with Gasteiger partial charge < -0.3 is 14.7 Å². The van der Waals surface area contributed by atoms with Gasteiger partial charge in [0.05, 0.1) is 6.10 Å². The van der Waals surface area contributed by atoms with Crippen molar-refractivity contribution >= 4 is 5.91 Å². The van der Waals surface area contributed by atoms with E-state index in [4.69, 9.17) is 4.74 Å². The van der Waals surface area contributed by atoms with E-state index < -0.39 is 6.10 Å². The van der Waals surface area contributed by atoms with Crippen LogP contribution >= 0.6 is 0 Å². The lowest BCUT2D eigenvalue weighted by Crippen LogP contribution is -2.45. The first-order valence-electron chi connectivity index (χ1n) is 8.37. The van der Waals surface area contributed by atoms with Gasteiger partial charge in [-0.3, -0.25) is 4.79 Å². The monoisotopic (exact) mass is 325 g/mol. The summed E-state index contributed by atoms with van der Waals surface area (Å²) in [5.41, 5.74) is 1.73. The van der Waals surface area contributed by atoms with Crippen molar-refractivity contribution in [3.63, 3.8) is 0 Å². The molecule has 4 nitrogen and oxygen atoms in total. The number of nitrogens with zero attached hydrogens (tertiary/aromatic N) is 1. The van der Waals surface area contributed by atoms with Crippen LogP contribution in [0, 0.1) is 5.92 Å². The van der Waals surface area contributed by atoms with Crippen molar-refractivity contribution in [2.75, 3.05) is 13.1 Å². The Balaban J connectivity index is 1.59. The summed E-state index contributed by atoms with van der Waals surface area (Å²) in [6.07, 6.45) is 0.404. The molecule has 1 N–H and O–H groups in total. The highest BCUT2D eigenvalue weighted by atomic mass is 16.5. The van der Waals surface area contributed by atoms with Crippen LogP contribution in [0.4, 0.5) is 0 Å². The molecule has 126 valence electrons. The zero-order valence-corrected chi connectivity index (χ0v) is 13.9. The molecule has 0 aromatic heterocycles. The first-order valence-corrected chi connectivity index (χ1v) is 8.37. The molecule has 1 amide bonds. The number of carbonyl (C=O) groups is 1. The van der Waals surface area contributed by atoms with Crippen LogP contribution in [-0.4, -0.2) is 35.1 Å². The molecular weight excluding hydrogens is 302 g/mol. The standard InChI is InChI=1S/C20H23NO3/c1-15-11-12-21(13-19(15)22)20(23)17-7-9-18(10-8-17)24-14-16-5-3-2-4-6-16/h2-10,15,19,22H,11-14H2,1H3. The number of carbonyl (C=O) groups excluding carboxylic acids is 1. The van der Waals surface area contributed by atoms with Crippen LogP contribution in [0.2, 0.25) is 0 Å². The topological polar surface area (TPSA) is 49.8 Å². The third kappa shape index (κ3) is 3.95. The maximum atomic E-state index is 12.5. The van der Waals surface area contributed by atoms with E-state index in [0.717, 1.165) is 17.7 Å². The Hall–Kier alpha value is -2.33. The predicted molar refractivity (Wildman–Crippen MR) is 92.9 cm³/mol. The smallest absolute Gasteiger partial charge is 0.253 e. The number of rotatable bonds is 4. The molecule has 2 aromatic rings. The lowest BCUT2D eigenvalue weighted by Gasteiger charge is -2.34. The van der Waals surface area contributed by atoms with Crippen molar-refractivity contribution in [2.45, 2.75) is 26.1 Å². The van der Waals surface area contributed by atoms with E-state index >= 15 is 0 Å². The first kappa shape index (κ1) is 16.5. The molecule has 0 bridgehead atoms. The van der Waals surface area contributed by atoms with E-state index in [1.807, 2.05) is 49.4 Å². The molecule has 0 saturated carbocycles. The van der Waals surface area contributed by atoms with Crippen molar-refractivity contribution in [2.24, 2.45) is 5.92 Å². The van der Waals surface area contributed by atoms with E-state index in [1.165, 1.54) is 0 Å². The average molecular weight is 325 g/mol. The normalized spacial score (nSPS) is 20.7. The molecule has 24 heavy (non-hydrogen) atoms. The number of hydrogen-bond donors (Lipinski definition) is 1. The molecule has 1 fully saturated rings. The summed E-state index contributed by atoms with van der Waals surface area (Å²) in [5, 5.41) is 9.95. The summed E-state index contributed by atoms with van der Waals surface area (Å²) >= 11 is 0. The Kier molecular flexibility index (Phi) is 5.16. The van der Waals surface area contributed by atoms with Crippen LogP contribution in [0.3, 0.4) is 0 Å². The minimum atomic E-state index is -0.434. The highest BCUT2D eigenvalue weighted by Crippen LogP contribution is 2.20. The van der Waals surface area contributed by atoms with Crippen LogP contribution in [0.25, 0.3) is 0 Å². The Morgan fingerprint density at radius 3 is 2.54 bits per heavy atom. The molecule has 1 heterocycles. The number of likely N-dealkylation sites (tertiary alicyclic amines) is 1. The highest BCUT2D eigenvalue weighted by Gasteiger charge is 2.27. The lowest BCUT2D eigenvalue weighted by atomic mass is 9.95. The molecule has 0 aliphatic carbocycles. The summed E-state index contributed by atoms with van der Waals surface area (Å²) in [6.45, 7) is 3.63. The van der Waals surface area contributed by atoms with Crippen LogP contribution in [0.1, 0.15) is 29.3 Å². The van der Waals surface area contributed by atoms with Gasteiger partial charge in [-0.2, -0.15) is 0 Å². The molecule has 0 spiro atoms. The minimum absolute atomic E-state index is 0.0319. The predicted octanol–water partition coefficient (Wildman–Crippen LogP) is 3.11. The largest absolute Gasteiger partial charge is 0.489 e. The second kappa shape index (κ2) is 7.49. The average Bonchev–Trinajstić information content (AvgIpc) is 2.63. The molecule has 1 aliphatic heterocycles. The molecule has 2 aromatic carbocycles. The van der Waals surface area contributed by atoms with E-state index in [2.05, 4.69) is 0 Å². The molecule has 1 aliphatic rings. The fourth-order valence-corrected chi connectivity index (χ4v) is 2.85. The Morgan fingerprint density at radius 2 is 1.88 bits per heavy atom. The lowest BCUT2D eigenvalue weighted by molar-refractivity contribution is 0.0248. The summed E-state index contributed by atoms with van der Waals surface area (Å²) in [5.74, 6) is 0.959. The van der Waals surface area contributed by atoms with E-state index in [-0.39, 0.29) is 11.8 Å². The molecule has 1 saturated heterocycles. The van der Waals surface area contributed by atoms with E-state index in [0.29, 0.717) is 25.3 Å². The molecule has 0 radical (unpaired) electrons. The van der Waals surface area contributed by atoms with Crippen molar-refractivity contribution in [3.8, 4) is 5.75 Å². The van der Waals surface area contributed by atoms with E-state index in [9.17, 15) is 9.90 Å². The maximum Gasteiger partial charge on any atom is 0.253 e. The van der Waals surface area contributed by atoms with Crippen molar-refractivity contribution < 1.29 is 14.6 Å². The molecule has 3 rings (SSSR count). The van der Waals surface area contributed by atoms with Gasteiger partial charge in [-0.1, -0.05) is 37.3 Å². The van der Waals surface area contributed by atoms with Gasteiger partial charge in [0.1, 0.15) is 12.4 Å². The van der Waals surface area contributed by atoms with Crippen LogP contribution in [0.5, 0.6) is 5.75 Å². The number of aliphatic hydroxyl groups is 1. The highest BCUT2D eigenvalue weighted by molar-refractivity contribution is 5.94. The maximum absolute atomic E-state index is 12.5. The number of amides is 1. The number of aliphatic hydroxyl groups excluding tert-OH is 1. The van der Waals surface area contributed by atoms with Crippen LogP contribution < -0.4 is 4.74 Å². The van der Waals surface area contributed by atoms with Gasteiger partial charge in [-0.05, 0) is 42.2 Å². The summed E-state index contributed by atoms with van der Waals surface area (Å²) < 4.78 is 5.74. The SMILES string of the molecule is CC1CCN(C(=O)c2ccc(OCc3ccccc3)cc2)CC1O. The van der Waals surface area contributed by atoms with Gasteiger partial charge in [0.15, 0.2) is 0 Å². The molecular formula is C20H23NO3. The second-order valence-electron chi connectivity index (χ2n) is 6.38. The number of ether oxygens (including phenoxy) is 1. The van der Waals surface area contributed by atoms with Gasteiger partial charge in [0.25, 0.3) is 5.91 Å². The Morgan fingerprint density at radius 1 is 1.17 bits per heavy atom. The van der Waals surface area contributed by atoms with Crippen molar-refractivity contribution in [1.29, 1.82) is 0 Å². The second-order valence-corrected chi connectivity index (χ2v) is 6.38. The quantitative estimate of drug-likeness (QED) is 0.940. The minimum Gasteiger partial charge on any atom is -0.489 e. The van der Waals surface area contributed by atoms with Gasteiger partial charge in [-0.15, -0.1) is 0 Å². The number of piperidine rings is 1. The summed E-state index contributed by atoms with van der Waals surface area (Å²) in [4.78, 5) is 14.2.